The summed E-state index contributed by atoms with van der Waals surface area (Å²) in [5, 5.41) is 8.06. The van der Waals surface area contributed by atoms with E-state index in [2.05, 4.69) is 26.7 Å². The largest absolute Gasteiger partial charge is 0.480 e. The normalized spacial score (nSPS) is 19.7. The van der Waals surface area contributed by atoms with Crippen LogP contribution in [0.4, 0.5) is 0 Å². The molecule has 0 amide bonds. The van der Waals surface area contributed by atoms with Gasteiger partial charge in [-0.25, -0.2) is 4.79 Å². The number of H-pyrrole nitrogens is 2. The fourth-order valence-corrected chi connectivity index (χ4v) is 2.63. The second kappa shape index (κ2) is 5.25. The molecular weight excluding hydrogens is 284 g/mol. The van der Waals surface area contributed by atoms with Crippen LogP contribution in [-0.2, 0) is 0 Å². The summed E-state index contributed by atoms with van der Waals surface area (Å²) in [6.07, 6.45) is 2.32. The van der Waals surface area contributed by atoms with E-state index in [9.17, 15) is 9.59 Å². The number of hydrogen-bond donors (Lipinski definition) is 2. The molecule has 2 aromatic rings. The molecule has 0 spiro atoms. The highest BCUT2D eigenvalue weighted by molar-refractivity contribution is 5.58. The fraction of sp³-hybridized carbons (Fsp3) is 0.333. The summed E-state index contributed by atoms with van der Waals surface area (Å²) in [4.78, 5) is 27.6. The van der Waals surface area contributed by atoms with E-state index >= 15 is 0 Å². The molecule has 1 aliphatic rings. The van der Waals surface area contributed by atoms with Gasteiger partial charge in [0.15, 0.2) is 0 Å². The zero-order chi connectivity index (χ0) is 15.9. The summed E-state index contributed by atoms with van der Waals surface area (Å²) in [6, 6.07) is 1.79. The SMILES string of the molecule is C=C(C)[C@H]1C[C@@H]1c1cc(-c2c[nH]c(=O)[nH]c2=O)nnc1OC. The van der Waals surface area contributed by atoms with Gasteiger partial charge >= 0.3 is 5.69 Å². The first-order valence-corrected chi connectivity index (χ1v) is 6.90. The Kier molecular flexibility index (Phi) is 3.40. The average Bonchev–Trinajstić information content (AvgIpc) is 3.27. The number of hydrogen-bond acceptors (Lipinski definition) is 5. The first-order chi connectivity index (χ1) is 10.5. The lowest BCUT2D eigenvalue weighted by Gasteiger charge is -2.08. The summed E-state index contributed by atoms with van der Waals surface area (Å²) < 4.78 is 5.27. The predicted molar refractivity (Wildman–Crippen MR) is 80.9 cm³/mol. The van der Waals surface area contributed by atoms with E-state index in [-0.39, 0.29) is 11.5 Å². The van der Waals surface area contributed by atoms with Gasteiger partial charge in [-0.1, -0.05) is 12.2 Å². The Labute approximate surface area is 126 Å². The Balaban J connectivity index is 2.06. The molecule has 0 aromatic carbocycles. The van der Waals surface area contributed by atoms with Gasteiger partial charge in [-0.3, -0.25) is 9.78 Å². The molecule has 1 fully saturated rings. The molecule has 3 rings (SSSR count). The summed E-state index contributed by atoms with van der Waals surface area (Å²) in [5.41, 5.74) is 1.64. The lowest BCUT2D eigenvalue weighted by molar-refractivity contribution is 0.386. The van der Waals surface area contributed by atoms with E-state index in [0.29, 0.717) is 17.5 Å². The van der Waals surface area contributed by atoms with Crippen LogP contribution < -0.4 is 16.0 Å². The summed E-state index contributed by atoms with van der Waals surface area (Å²) in [6.45, 7) is 5.98. The maximum absolute atomic E-state index is 11.9. The van der Waals surface area contributed by atoms with Crippen LogP contribution in [0.1, 0.15) is 24.8 Å². The third-order valence-electron chi connectivity index (χ3n) is 3.90. The van der Waals surface area contributed by atoms with E-state index in [1.165, 1.54) is 13.3 Å². The van der Waals surface area contributed by atoms with E-state index < -0.39 is 11.2 Å². The minimum atomic E-state index is -0.556. The van der Waals surface area contributed by atoms with Crippen molar-refractivity contribution in [3.8, 4) is 17.1 Å². The van der Waals surface area contributed by atoms with Gasteiger partial charge in [0.05, 0.1) is 12.7 Å². The van der Waals surface area contributed by atoms with Crippen LogP contribution in [0.2, 0.25) is 0 Å². The molecule has 7 heteroatoms. The number of rotatable bonds is 4. The zero-order valence-corrected chi connectivity index (χ0v) is 12.3. The smallest absolute Gasteiger partial charge is 0.325 e. The van der Waals surface area contributed by atoms with E-state index in [1.54, 1.807) is 6.07 Å². The van der Waals surface area contributed by atoms with Crippen molar-refractivity contribution in [2.24, 2.45) is 5.92 Å². The molecule has 0 aliphatic heterocycles. The van der Waals surface area contributed by atoms with Crippen LogP contribution in [0.3, 0.4) is 0 Å². The van der Waals surface area contributed by atoms with Crippen molar-refractivity contribution in [3.05, 3.63) is 50.8 Å². The van der Waals surface area contributed by atoms with Gasteiger partial charge in [0.1, 0.15) is 5.69 Å². The van der Waals surface area contributed by atoms with Gasteiger partial charge in [-0.05, 0) is 31.2 Å². The van der Waals surface area contributed by atoms with Gasteiger partial charge in [-0.2, -0.15) is 0 Å². The highest BCUT2D eigenvalue weighted by atomic mass is 16.5. The molecule has 1 aliphatic carbocycles. The Hall–Kier alpha value is -2.70. The van der Waals surface area contributed by atoms with Gasteiger partial charge in [-0.15, -0.1) is 10.2 Å². The van der Waals surface area contributed by atoms with Crippen molar-refractivity contribution in [2.45, 2.75) is 19.3 Å². The summed E-state index contributed by atoms with van der Waals surface area (Å²) >= 11 is 0. The quantitative estimate of drug-likeness (QED) is 0.826. The molecule has 2 N–H and O–H groups in total. The van der Waals surface area contributed by atoms with E-state index in [0.717, 1.165) is 17.6 Å². The molecule has 0 radical (unpaired) electrons. The molecule has 0 bridgehead atoms. The minimum absolute atomic E-state index is 0.267. The number of ether oxygens (including phenoxy) is 1. The van der Waals surface area contributed by atoms with Crippen LogP contribution in [0.15, 0.2) is 34.0 Å². The summed E-state index contributed by atoms with van der Waals surface area (Å²) in [7, 11) is 1.54. The topological polar surface area (TPSA) is 101 Å². The lowest BCUT2D eigenvalue weighted by atomic mass is 10.1. The molecule has 2 atom stereocenters. The standard InChI is InChI=1S/C15H16N4O3/c1-7(2)8-4-9(8)10-5-12(18-19-14(10)22-3)11-6-16-15(21)17-13(11)20/h5-6,8-9H,1,4H2,2-3H3,(H2,16,17,20,21)/t8-,9+/m1/s1. The molecule has 22 heavy (non-hydrogen) atoms. The monoisotopic (exact) mass is 300 g/mol. The second-order valence-electron chi connectivity index (χ2n) is 5.47. The molecule has 1 saturated carbocycles. The third kappa shape index (κ3) is 2.45. The lowest BCUT2D eigenvalue weighted by Crippen LogP contribution is -2.23. The first kappa shape index (κ1) is 14.2. The maximum Gasteiger partial charge on any atom is 0.325 e. The first-order valence-electron chi connectivity index (χ1n) is 6.90. The van der Waals surface area contributed by atoms with Crippen LogP contribution in [-0.4, -0.2) is 27.3 Å². The number of aromatic nitrogens is 4. The zero-order valence-electron chi connectivity index (χ0n) is 12.3. The van der Waals surface area contributed by atoms with Crippen LogP contribution in [0.5, 0.6) is 5.88 Å². The number of methoxy groups -OCH3 is 1. The highest BCUT2D eigenvalue weighted by Gasteiger charge is 2.41. The second-order valence-corrected chi connectivity index (χ2v) is 5.47. The highest BCUT2D eigenvalue weighted by Crippen LogP contribution is 2.53. The molecule has 114 valence electrons. The predicted octanol–water partition coefficient (Wildman–Crippen LogP) is 1.21. The van der Waals surface area contributed by atoms with Crippen LogP contribution in [0.25, 0.3) is 11.3 Å². The maximum atomic E-state index is 11.9. The Morgan fingerprint density at radius 2 is 2.18 bits per heavy atom. The van der Waals surface area contributed by atoms with E-state index in [1.807, 2.05) is 6.92 Å². The molecule has 2 aromatic heterocycles. The number of allylic oxidation sites excluding steroid dienone is 1. The van der Waals surface area contributed by atoms with Crippen molar-refractivity contribution < 1.29 is 4.74 Å². The van der Waals surface area contributed by atoms with Crippen molar-refractivity contribution in [1.82, 2.24) is 20.2 Å². The Bertz CT molecular complexity index is 852. The minimum Gasteiger partial charge on any atom is -0.480 e. The number of nitrogens with zero attached hydrogens (tertiary/aromatic N) is 2. The fourth-order valence-electron chi connectivity index (χ4n) is 2.63. The van der Waals surface area contributed by atoms with Gasteiger partial charge < -0.3 is 9.72 Å². The molecular formula is C15H16N4O3. The summed E-state index contributed by atoms with van der Waals surface area (Å²) in [5.74, 6) is 1.14. The molecule has 0 saturated heterocycles. The van der Waals surface area contributed by atoms with Crippen LogP contribution in [0, 0.1) is 5.92 Å². The van der Waals surface area contributed by atoms with E-state index in [4.69, 9.17) is 4.74 Å². The van der Waals surface area contributed by atoms with Crippen molar-refractivity contribution in [3.63, 3.8) is 0 Å². The van der Waals surface area contributed by atoms with Crippen molar-refractivity contribution in [2.75, 3.05) is 7.11 Å². The average molecular weight is 300 g/mol. The molecule has 0 unspecified atom stereocenters. The Morgan fingerprint density at radius 3 is 2.77 bits per heavy atom. The van der Waals surface area contributed by atoms with Crippen molar-refractivity contribution >= 4 is 0 Å². The third-order valence-corrected chi connectivity index (χ3v) is 3.90. The van der Waals surface area contributed by atoms with Gasteiger partial charge in [0.2, 0.25) is 5.88 Å². The van der Waals surface area contributed by atoms with Crippen LogP contribution >= 0.6 is 0 Å². The molecule has 2 heterocycles. The van der Waals surface area contributed by atoms with Crippen molar-refractivity contribution in [1.29, 1.82) is 0 Å². The number of nitrogens with one attached hydrogen (secondary N) is 2. The Morgan fingerprint density at radius 1 is 1.41 bits per heavy atom. The van der Waals surface area contributed by atoms with Gasteiger partial charge in [0, 0.05) is 11.8 Å². The van der Waals surface area contributed by atoms with Gasteiger partial charge in [0.25, 0.3) is 5.56 Å². The number of aromatic amines is 2. The molecule has 7 nitrogen and oxygen atoms in total.